The molecule has 0 N–H and O–H groups in total. The van der Waals surface area contributed by atoms with Crippen molar-refractivity contribution >= 4 is 16.7 Å². The number of rotatable bonds is 15. The highest BCUT2D eigenvalue weighted by molar-refractivity contribution is 5.96. The number of hydrogen-bond donors (Lipinski definition) is 0. The van der Waals surface area contributed by atoms with Gasteiger partial charge in [0.1, 0.15) is 17.2 Å². The summed E-state index contributed by atoms with van der Waals surface area (Å²) in [4.78, 5) is 12.6. The molecule has 4 nitrogen and oxygen atoms in total. The third-order valence-electron chi connectivity index (χ3n) is 5.71. The van der Waals surface area contributed by atoms with E-state index in [9.17, 15) is 4.79 Å². The van der Waals surface area contributed by atoms with Crippen LogP contribution in [0.5, 0.6) is 17.2 Å². The van der Waals surface area contributed by atoms with Gasteiger partial charge >= 0.3 is 5.97 Å². The molecule has 0 fully saturated rings. The molecule has 0 aliphatic carbocycles. The summed E-state index contributed by atoms with van der Waals surface area (Å²) < 4.78 is 16.9. The summed E-state index contributed by atoms with van der Waals surface area (Å²) in [5.74, 6) is 1.72. The fourth-order valence-corrected chi connectivity index (χ4v) is 3.84. The average Bonchev–Trinajstić information content (AvgIpc) is 2.86. The van der Waals surface area contributed by atoms with Gasteiger partial charge in [-0.3, -0.25) is 0 Å². The molecule has 4 heteroatoms. The van der Waals surface area contributed by atoms with Gasteiger partial charge in [-0.15, -0.1) is 6.58 Å². The Morgan fingerprint density at radius 1 is 0.735 bits per heavy atom. The van der Waals surface area contributed by atoms with Gasteiger partial charge in [0.2, 0.25) is 0 Å². The normalized spacial score (nSPS) is 10.7. The number of allylic oxidation sites excluding steroid dienone is 1. The largest absolute Gasteiger partial charge is 0.494 e. The molecule has 3 aromatic rings. The van der Waals surface area contributed by atoms with E-state index in [4.69, 9.17) is 14.2 Å². The maximum Gasteiger partial charge on any atom is 0.343 e. The van der Waals surface area contributed by atoms with Crippen LogP contribution in [0.4, 0.5) is 0 Å². The zero-order valence-electron chi connectivity index (χ0n) is 20.3. The van der Waals surface area contributed by atoms with Crippen LogP contribution in [0, 0.1) is 0 Å². The number of esters is 1. The molecule has 0 bridgehead atoms. The summed E-state index contributed by atoms with van der Waals surface area (Å²) in [5, 5.41) is 2.01. The zero-order chi connectivity index (χ0) is 24.0. The first-order chi connectivity index (χ1) is 16.7. The molecule has 0 unspecified atom stereocenters. The molecular weight excluding hydrogens is 424 g/mol. The van der Waals surface area contributed by atoms with Crippen molar-refractivity contribution in [2.24, 2.45) is 0 Å². The van der Waals surface area contributed by atoms with Crippen molar-refractivity contribution in [3.8, 4) is 17.2 Å². The highest BCUT2D eigenvalue weighted by Crippen LogP contribution is 2.24. The Kier molecular flexibility index (Phi) is 10.5. The number of carbonyl (C=O) groups is 1. The lowest BCUT2D eigenvalue weighted by Gasteiger charge is -2.09. The van der Waals surface area contributed by atoms with E-state index in [1.165, 1.54) is 38.5 Å². The molecule has 0 atom stereocenters. The maximum atomic E-state index is 12.6. The SMILES string of the molecule is C=CCCCCCCCCCOc1ccc2cc(C(=O)Oc3ccc(OCC)cc3)ccc2c1. The van der Waals surface area contributed by atoms with E-state index in [1.54, 1.807) is 30.3 Å². The molecule has 3 aromatic carbocycles. The van der Waals surface area contributed by atoms with Crippen LogP contribution >= 0.6 is 0 Å². The summed E-state index contributed by atoms with van der Waals surface area (Å²) >= 11 is 0. The van der Waals surface area contributed by atoms with E-state index in [-0.39, 0.29) is 5.97 Å². The summed E-state index contributed by atoms with van der Waals surface area (Å²) in [6.07, 6.45) is 11.9. The van der Waals surface area contributed by atoms with Gasteiger partial charge in [0.05, 0.1) is 18.8 Å². The molecule has 180 valence electrons. The van der Waals surface area contributed by atoms with Crippen molar-refractivity contribution in [3.05, 3.63) is 78.9 Å². The van der Waals surface area contributed by atoms with Gasteiger partial charge < -0.3 is 14.2 Å². The van der Waals surface area contributed by atoms with E-state index < -0.39 is 0 Å². The van der Waals surface area contributed by atoms with E-state index in [2.05, 4.69) is 6.58 Å². The van der Waals surface area contributed by atoms with Crippen LogP contribution in [0.15, 0.2) is 73.3 Å². The van der Waals surface area contributed by atoms with Gasteiger partial charge in [0, 0.05) is 0 Å². The van der Waals surface area contributed by atoms with E-state index in [0.717, 1.165) is 41.7 Å². The molecule has 34 heavy (non-hydrogen) atoms. The first-order valence-electron chi connectivity index (χ1n) is 12.4. The first kappa shape index (κ1) is 25.4. The predicted octanol–water partition coefficient (Wildman–Crippen LogP) is 8.14. The van der Waals surface area contributed by atoms with Crippen LogP contribution in [0.1, 0.15) is 68.6 Å². The molecule has 0 saturated carbocycles. The van der Waals surface area contributed by atoms with Gasteiger partial charge in [0.25, 0.3) is 0 Å². The maximum absolute atomic E-state index is 12.6. The molecule has 0 saturated heterocycles. The van der Waals surface area contributed by atoms with Crippen molar-refractivity contribution in [3.63, 3.8) is 0 Å². The highest BCUT2D eigenvalue weighted by atomic mass is 16.5. The van der Waals surface area contributed by atoms with Crippen LogP contribution in [-0.4, -0.2) is 19.2 Å². The summed E-state index contributed by atoms with van der Waals surface area (Å²) in [7, 11) is 0. The Bertz CT molecular complexity index is 1040. The first-order valence-corrected chi connectivity index (χ1v) is 12.4. The summed E-state index contributed by atoms with van der Waals surface area (Å²) in [6, 6.07) is 18.6. The second-order valence-corrected chi connectivity index (χ2v) is 8.42. The Morgan fingerprint density at radius 2 is 1.35 bits per heavy atom. The molecule has 3 rings (SSSR count). The van der Waals surface area contributed by atoms with Crippen molar-refractivity contribution in [1.29, 1.82) is 0 Å². The van der Waals surface area contributed by atoms with E-state index in [0.29, 0.717) is 17.9 Å². The van der Waals surface area contributed by atoms with Gasteiger partial charge in [-0.1, -0.05) is 50.3 Å². The number of carbonyl (C=O) groups excluding carboxylic acids is 1. The third-order valence-corrected chi connectivity index (χ3v) is 5.71. The number of benzene rings is 3. The zero-order valence-corrected chi connectivity index (χ0v) is 20.3. The second-order valence-electron chi connectivity index (χ2n) is 8.42. The Labute approximate surface area is 203 Å². The van der Waals surface area contributed by atoms with Crippen LogP contribution in [-0.2, 0) is 0 Å². The second kappa shape index (κ2) is 14.1. The smallest absolute Gasteiger partial charge is 0.343 e. The average molecular weight is 461 g/mol. The molecular formula is C30H36O4. The van der Waals surface area contributed by atoms with Crippen molar-refractivity contribution in [1.82, 2.24) is 0 Å². The molecule has 0 heterocycles. The quantitative estimate of drug-likeness (QED) is 0.0993. The molecule has 0 aromatic heterocycles. The monoisotopic (exact) mass is 460 g/mol. The lowest BCUT2D eigenvalue weighted by molar-refractivity contribution is 0.0734. The Balaban J connectivity index is 1.44. The molecule has 0 radical (unpaired) electrons. The minimum atomic E-state index is -0.382. The van der Waals surface area contributed by atoms with Crippen LogP contribution < -0.4 is 14.2 Å². The van der Waals surface area contributed by atoms with E-state index in [1.807, 2.05) is 43.3 Å². The predicted molar refractivity (Wildman–Crippen MR) is 139 cm³/mol. The fraction of sp³-hybridized carbons (Fsp3) is 0.367. The Hall–Kier alpha value is -3.27. The lowest BCUT2D eigenvalue weighted by atomic mass is 10.1. The lowest BCUT2D eigenvalue weighted by Crippen LogP contribution is -2.08. The van der Waals surface area contributed by atoms with Crippen LogP contribution in [0.25, 0.3) is 10.8 Å². The van der Waals surface area contributed by atoms with Gasteiger partial charge in [-0.25, -0.2) is 4.79 Å². The van der Waals surface area contributed by atoms with Crippen LogP contribution in [0.2, 0.25) is 0 Å². The van der Waals surface area contributed by atoms with Crippen LogP contribution in [0.3, 0.4) is 0 Å². The van der Waals surface area contributed by atoms with Gasteiger partial charge in [-0.2, -0.15) is 0 Å². The minimum Gasteiger partial charge on any atom is -0.494 e. The van der Waals surface area contributed by atoms with Gasteiger partial charge in [-0.05, 0) is 85.5 Å². The Morgan fingerprint density at radius 3 is 2.09 bits per heavy atom. The number of unbranched alkanes of at least 4 members (excludes halogenated alkanes) is 7. The fourth-order valence-electron chi connectivity index (χ4n) is 3.84. The highest BCUT2D eigenvalue weighted by Gasteiger charge is 2.10. The summed E-state index contributed by atoms with van der Waals surface area (Å²) in [6.45, 7) is 7.02. The minimum absolute atomic E-state index is 0.382. The van der Waals surface area contributed by atoms with Crippen molar-refractivity contribution < 1.29 is 19.0 Å². The van der Waals surface area contributed by atoms with E-state index >= 15 is 0 Å². The number of fused-ring (bicyclic) bond motifs is 1. The standard InChI is InChI=1S/C30H36O4/c1-3-5-6-7-8-9-10-11-12-21-33-29-16-15-24-22-26(14-13-25(24)23-29)30(31)34-28-19-17-27(18-20-28)32-4-2/h3,13-20,22-23H,1,4-12,21H2,2H3. The van der Waals surface area contributed by atoms with Crippen molar-refractivity contribution in [2.45, 2.75) is 58.3 Å². The molecule has 0 spiro atoms. The molecule has 0 aliphatic rings. The summed E-state index contributed by atoms with van der Waals surface area (Å²) in [5.41, 5.74) is 0.513. The molecule has 0 amide bonds. The van der Waals surface area contributed by atoms with Gasteiger partial charge in [0.15, 0.2) is 0 Å². The third kappa shape index (κ3) is 8.26. The van der Waals surface area contributed by atoms with Crippen molar-refractivity contribution in [2.75, 3.05) is 13.2 Å². The molecule has 0 aliphatic heterocycles. The number of hydrogen-bond acceptors (Lipinski definition) is 4. The topological polar surface area (TPSA) is 44.8 Å². The number of ether oxygens (including phenoxy) is 3.